The Morgan fingerprint density at radius 2 is 2.14 bits per heavy atom. The third-order valence-electron chi connectivity index (χ3n) is 4.77. The number of piperazine rings is 1. The summed E-state index contributed by atoms with van der Waals surface area (Å²) in [4.78, 5) is 2.65. The van der Waals surface area contributed by atoms with Crippen LogP contribution in [-0.2, 0) is 13.6 Å². The first-order valence-electron chi connectivity index (χ1n) is 8.45. The fourth-order valence-electron chi connectivity index (χ4n) is 3.27. The van der Waals surface area contributed by atoms with E-state index in [1.807, 2.05) is 17.9 Å². The summed E-state index contributed by atoms with van der Waals surface area (Å²) in [5.41, 5.74) is 1.19. The maximum absolute atomic E-state index is 4.56. The molecule has 4 nitrogen and oxygen atoms in total. The lowest BCUT2D eigenvalue weighted by Gasteiger charge is -2.42. The van der Waals surface area contributed by atoms with Crippen LogP contribution in [0.2, 0.25) is 0 Å². The van der Waals surface area contributed by atoms with E-state index >= 15 is 0 Å². The van der Waals surface area contributed by atoms with E-state index in [9.17, 15) is 0 Å². The zero-order chi connectivity index (χ0) is 15.4. The number of hydrogen-bond donors (Lipinski definition) is 1. The van der Waals surface area contributed by atoms with E-state index in [0.717, 1.165) is 31.5 Å². The van der Waals surface area contributed by atoms with Crippen molar-refractivity contribution in [2.24, 2.45) is 18.9 Å². The summed E-state index contributed by atoms with van der Waals surface area (Å²) in [7, 11) is 1.99. The summed E-state index contributed by atoms with van der Waals surface area (Å²) < 4.78 is 1.90. The molecule has 21 heavy (non-hydrogen) atoms. The van der Waals surface area contributed by atoms with Crippen molar-refractivity contribution in [3.05, 3.63) is 18.0 Å². The Labute approximate surface area is 129 Å². The van der Waals surface area contributed by atoms with Crippen molar-refractivity contribution in [1.82, 2.24) is 20.0 Å². The average Bonchev–Trinajstić information content (AvgIpc) is 2.84. The third kappa shape index (κ3) is 4.55. The Bertz CT molecular complexity index is 426. The van der Waals surface area contributed by atoms with Crippen molar-refractivity contribution in [3.63, 3.8) is 0 Å². The average molecular weight is 292 g/mol. The second kappa shape index (κ2) is 7.41. The van der Waals surface area contributed by atoms with Crippen LogP contribution in [0.1, 0.15) is 46.2 Å². The zero-order valence-electron chi connectivity index (χ0n) is 14.3. The van der Waals surface area contributed by atoms with Crippen LogP contribution in [0.3, 0.4) is 0 Å². The fraction of sp³-hybridized carbons (Fsp3) is 0.824. The van der Waals surface area contributed by atoms with E-state index in [-0.39, 0.29) is 0 Å². The molecule has 1 N–H and O–H groups in total. The Kier molecular flexibility index (Phi) is 5.82. The number of aromatic nitrogens is 2. The molecule has 3 atom stereocenters. The Morgan fingerprint density at radius 3 is 2.71 bits per heavy atom. The molecule has 1 aliphatic heterocycles. The highest BCUT2D eigenvalue weighted by molar-refractivity contribution is 5.01. The normalized spacial score (nSPS) is 25.4. The third-order valence-corrected chi connectivity index (χ3v) is 4.77. The predicted molar refractivity (Wildman–Crippen MR) is 88.1 cm³/mol. The van der Waals surface area contributed by atoms with Crippen molar-refractivity contribution in [2.45, 2.75) is 59.2 Å². The molecule has 2 heterocycles. The van der Waals surface area contributed by atoms with Gasteiger partial charge in [-0.3, -0.25) is 9.58 Å². The van der Waals surface area contributed by atoms with E-state index in [1.54, 1.807) is 0 Å². The molecular formula is C17H32N4. The monoisotopic (exact) mass is 292 g/mol. The molecule has 1 aliphatic rings. The first-order valence-corrected chi connectivity index (χ1v) is 8.45. The number of nitrogens with one attached hydrogen (secondary N) is 1. The molecule has 3 unspecified atom stereocenters. The molecule has 0 spiro atoms. The van der Waals surface area contributed by atoms with Crippen LogP contribution in [0, 0.1) is 11.8 Å². The molecule has 4 heteroatoms. The van der Waals surface area contributed by atoms with Gasteiger partial charge >= 0.3 is 0 Å². The van der Waals surface area contributed by atoms with Gasteiger partial charge in [-0.05, 0) is 24.3 Å². The maximum Gasteiger partial charge on any atom is 0.0764 e. The molecular weight excluding hydrogens is 260 g/mol. The molecule has 1 aromatic rings. The van der Waals surface area contributed by atoms with Crippen LogP contribution < -0.4 is 5.32 Å². The van der Waals surface area contributed by atoms with Crippen LogP contribution in [0.25, 0.3) is 0 Å². The second-order valence-electron chi connectivity index (χ2n) is 7.09. The van der Waals surface area contributed by atoms with Crippen molar-refractivity contribution in [1.29, 1.82) is 0 Å². The quantitative estimate of drug-likeness (QED) is 0.875. The molecule has 120 valence electrons. The summed E-state index contributed by atoms with van der Waals surface area (Å²) in [6.45, 7) is 12.5. The molecule has 1 aromatic heterocycles. The van der Waals surface area contributed by atoms with Gasteiger partial charge in [-0.1, -0.05) is 34.1 Å². The van der Waals surface area contributed by atoms with Gasteiger partial charge in [0.25, 0.3) is 0 Å². The first-order chi connectivity index (χ1) is 9.99. The maximum atomic E-state index is 4.56. The van der Waals surface area contributed by atoms with Gasteiger partial charge in [0.2, 0.25) is 0 Å². The molecule has 0 aliphatic carbocycles. The minimum atomic E-state index is 0.613. The molecule has 1 saturated heterocycles. The molecule has 2 rings (SSSR count). The van der Waals surface area contributed by atoms with E-state index < -0.39 is 0 Å². The largest absolute Gasteiger partial charge is 0.311 e. The first kappa shape index (κ1) is 16.5. The van der Waals surface area contributed by atoms with Crippen LogP contribution in [-0.4, -0.2) is 39.9 Å². The predicted octanol–water partition coefficient (Wildman–Crippen LogP) is 2.65. The lowest BCUT2D eigenvalue weighted by molar-refractivity contribution is 0.0876. The molecule has 1 fully saturated rings. The number of rotatable bonds is 6. The van der Waals surface area contributed by atoms with Gasteiger partial charge in [-0.15, -0.1) is 0 Å². The van der Waals surface area contributed by atoms with E-state index in [0.29, 0.717) is 12.1 Å². The Balaban J connectivity index is 2.04. The summed E-state index contributed by atoms with van der Waals surface area (Å²) in [6.07, 6.45) is 4.54. The standard InChI is InChI=1S/C17H32N4/c1-6-14(4)17-12-21(11-15-7-8-20(5)19-15)16(10-18-17)9-13(2)3/h7-8,13-14,16-18H,6,9-12H2,1-5H3. The molecule has 0 bridgehead atoms. The Morgan fingerprint density at radius 1 is 1.38 bits per heavy atom. The van der Waals surface area contributed by atoms with Crippen molar-refractivity contribution < 1.29 is 0 Å². The minimum absolute atomic E-state index is 0.613. The van der Waals surface area contributed by atoms with Gasteiger partial charge in [0, 0.05) is 45.0 Å². The molecule has 0 amide bonds. The van der Waals surface area contributed by atoms with Crippen LogP contribution in [0.4, 0.5) is 0 Å². The molecule has 0 aromatic carbocycles. The van der Waals surface area contributed by atoms with Crippen LogP contribution in [0.5, 0.6) is 0 Å². The molecule has 0 radical (unpaired) electrons. The number of aryl methyl sites for hydroxylation is 1. The van der Waals surface area contributed by atoms with Crippen molar-refractivity contribution in [3.8, 4) is 0 Å². The highest BCUT2D eigenvalue weighted by Gasteiger charge is 2.30. The lowest BCUT2D eigenvalue weighted by atomic mass is 9.92. The fourth-order valence-corrected chi connectivity index (χ4v) is 3.27. The molecule has 0 saturated carbocycles. The highest BCUT2D eigenvalue weighted by Crippen LogP contribution is 2.21. The van der Waals surface area contributed by atoms with E-state index in [2.05, 4.69) is 49.1 Å². The number of hydrogen-bond acceptors (Lipinski definition) is 3. The summed E-state index contributed by atoms with van der Waals surface area (Å²) in [6, 6.07) is 3.39. The van der Waals surface area contributed by atoms with Gasteiger partial charge in [0.1, 0.15) is 0 Å². The van der Waals surface area contributed by atoms with Crippen LogP contribution >= 0.6 is 0 Å². The van der Waals surface area contributed by atoms with Crippen LogP contribution in [0.15, 0.2) is 12.3 Å². The summed E-state index contributed by atoms with van der Waals surface area (Å²) in [5.74, 6) is 1.47. The SMILES string of the molecule is CCC(C)C1CN(Cc2ccn(C)n2)C(CC(C)C)CN1. The topological polar surface area (TPSA) is 33.1 Å². The highest BCUT2D eigenvalue weighted by atomic mass is 15.3. The number of nitrogens with zero attached hydrogens (tertiary/aromatic N) is 3. The van der Waals surface area contributed by atoms with Crippen molar-refractivity contribution >= 4 is 0 Å². The van der Waals surface area contributed by atoms with Gasteiger partial charge in [-0.2, -0.15) is 5.10 Å². The second-order valence-corrected chi connectivity index (χ2v) is 7.09. The van der Waals surface area contributed by atoms with E-state index in [1.165, 1.54) is 18.5 Å². The summed E-state index contributed by atoms with van der Waals surface area (Å²) >= 11 is 0. The van der Waals surface area contributed by atoms with Gasteiger partial charge < -0.3 is 5.32 Å². The summed E-state index contributed by atoms with van der Waals surface area (Å²) in [5, 5.41) is 8.34. The van der Waals surface area contributed by atoms with Gasteiger partial charge in [0.05, 0.1) is 5.69 Å². The lowest BCUT2D eigenvalue weighted by Crippen LogP contribution is -2.58. The Hall–Kier alpha value is -0.870. The van der Waals surface area contributed by atoms with Gasteiger partial charge in [-0.25, -0.2) is 0 Å². The zero-order valence-corrected chi connectivity index (χ0v) is 14.3. The minimum Gasteiger partial charge on any atom is -0.311 e. The van der Waals surface area contributed by atoms with Gasteiger partial charge in [0.15, 0.2) is 0 Å². The van der Waals surface area contributed by atoms with E-state index in [4.69, 9.17) is 0 Å². The smallest absolute Gasteiger partial charge is 0.0764 e. The van der Waals surface area contributed by atoms with Crippen molar-refractivity contribution in [2.75, 3.05) is 13.1 Å².